The minimum Gasteiger partial charge on any atom is -0.477 e. The number of halogens is 5. The Morgan fingerprint density at radius 2 is 1.72 bits per heavy atom. The predicted octanol–water partition coefficient (Wildman–Crippen LogP) is 6.24. The van der Waals surface area contributed by atoms with Crippen LogP contribution in [0.4, 0.5) is 13.2 Å². The Kier molecular flexibility index (Phi) is 5.88. The highest BCUT2D eigenvalue weighted by Gasteiger charge is 2.61. The lowest BCUT2D eigenvalue weighted by Crippen LogP contribution is -2.42. The number of alkyl halides is 3. The molecular formula is C21H18Cl2F3NO2. The molecule has 0 aromatic heterocycles. The molecule has 1 aliphatic heterocycles. The first-order chi connectivity index (χ1) is 13.5. The molecule has 1 N–H and O–H groups in total. The van der Waals surface area contributed by atoms with Crippen LogP contribution in [0.15, 0.2) is 48.2 Å². The molecule has 0 spiro atoms. The molecule has 2 aromatic carbocycles. The van der Waals surface area contributed by atoms with Gasteiger partial charge in [0, 0.05) is 41.1 Å². The van der Waals surface area contributed by atoms with Gasteiger partial charge in [-0.15, -0.1) is 0 Å². The molecule has 3 nitrogen and oxygen atoms in total. The number of allylic oxidation sites excluding steroid dienone is 1. The highest BCUT2D eigenvalue weighted by Crippen LogP contribution is 2.54. The molecule has 1 amide bonds. The molecule has 3 rings (SSSR count). The maximum absolute atomic E-state index is 14.2. The highest BCUT2D eigenvalue weighted by molar-refractivity contribution is 6.34. The third-order valence-electron chi connectivity index (χ3n) is 4.81. The standard InChI is InChI=1S/C21H18Cl2F3NO2/c1-12-19(15-5-3-14(4-6-15)11-27-13(2)28)10-20(29-12,21(24,25)26)16-7-17(22)9-18(23)8-16/h3-9H,10-11H2,1-2H3,(H,27,28). The van der Waals surface area contributed by atoms with Crippen LogP contribution in [0.1, 0.15) is 37.0 Å². The van der Waals surface area contributed by atoms with Gasteiger partial charge in [-0.2, -0.15) is 13.2 Å². The number of nitrogens with one attached hydrogen (secondary N) is 1. The third-order valence-corrected chi connectivity index (χ3v) is 5.25. The van der Waals surface area contributed by atoms with E-state index < -0.39 is 18.2 Å². The molecule has 0 saturated carbocycles. The van der Waals surface area contributed by atoms with Crippen LogP contribution < -0.4 is 5.32 Å². The van der Waals surface area contributed by atoms with Crippen molar-refractivity contribution in [1.29, 1.82) is 0 Å². The van der Waals surface area contributed by atoms with Crippen LogP contribution in [0, 0.1) is 0 Å². The number of carbonyl (C=O) groups is 1. The number of benzene rings is 2. The Hall–Kier alpha value is -2.18. The molecular weight excluding hydrogens is 426 g/mol. The zero-order chi connectivity index (χ0) is 21.4. The second kappa shape index (κ2) is 7.92. The Labute approximate surface area is 176 Å². The molecule has 0 bridgehead atoms. The fraction of sp³-hybridized carbons (Fsp3) is 0.286. The van der Waals surface area contributed by atoms with Gasteiger partial charge in [-0.1, -0.05) is 47.5 Å². The van der Waals surface area contributed by atoms with E-state index in [1.165, 1.54) is 32.0 Å². The van der Waals surface area contributed by atoms with Crippen molar-refractivity contribution in [3.8, 4) is 0 Å². The van der Waals surface area contributed by atoms with E-state index in [-0.39, 0.29) is 27.3 Å². The van der Waals surface area contributed by atoms with Crippen molar-refractivity contribution in [2.45, 2.75) is 38.6 Å². The van der Waals surface area contributed by atoms with Crippen molar-refractivity contribution >= 4 is 34.7 Å². The summed E-state index contributed by atoms with van der Waals surface area (Å²) < 4.78 is 48.0. The van der Waals surface area contributed by atoms with Gasteiger partial charge in [0.2, 0.25) is 11.5 Å². The molecule has 8 heteroatoms. The molecule has 1 atom stereocenters. The van der Waals surface area contributed by atoms with Crippen LogP contribution in [0.5, 0.6) is 0 Å². The zero-order valence-corrected chi connectivity index (χ0v) is 17.2. The molecule has 154 valence electrons. The first-order valence-corrected chi connectivity index (χ1v) is 9.53. The van der Waals surface area contributed by atoms with Crippen molar-refractivity contribution in [1.82, 2.24) is 5.32 Å². The monoisotopic (exact) mass is 443 g/mol. The first kappa shape index (κ1) is 21.5. The van der Waals surface area contributed by atoms with E-state index >= 15 is 0 Å². The SMILES string of the molecule is CC(=O)NCc1ccc(C2=C(C)OC(c3cc(Cl)cc(Cl)c3)(C(F)(F)F)C2)cc1. The number of rotatable bonds is 4. The number of amides is 1. The Morgan fingerprint density at radius 1 is 1.14 bits per heavy atom. The van der Waals surface area contributed by atoms with Crippen molar-refractivity contribution in [3.63, 3.8) is 0 Å². The van der Waals surface area contributed by atoms with Crippen molar-refractivity contribution in [3.05, 3.63) is 75.0 Å². The van der Waals surface area contributed by atoms with Crippen LogP contribution in [-0.2, 0) is 21.7 Å². The maximum Gasteiger partial charge on any atom is 0.432 e. The average Bonchev–Trinajstić information content (AvgIpc) is 2.98. The lowest BCUT2D eigenvalue weighted by Gasteiger charge is -2.32. The molecule has 2 aromatic rings. The first-order valence-electron chi connectivity index (χ1n) is 8.77. The van der Waals surface area contributed by atoms with Gasteiger partial charge in [0.05, 0.1) is 5.76 Å². The zero-order valence-electron chi connectivity index (χ0n) is 15.7. The number of hydrogen-bond donors (Lipinski definition) is 1. The summed E-state index contributed by atoms with van der Waals surface area (Å²) in [7, 11) is 0. The summed E-state index contributed by atoms with van der Waals surface area (Å²) in [5.74, 6) is 0.0278. The van der Waals surface area contributed by atoms with E-state index in [0.29, 0.717) is 17.7 Å². The fourth-order valence-corrected chi connectivity index (χ4v) is 3.88. The van der Waals surface area contributed by atoms with E-state index in [0.717, 1.165) is 5.56 Å². The largest absolute Gasteiger partial charge is 0.477 e. The van der Waals surface area contributed by atoms with E-state index in [4.69, 9.17) is 27.9 Å². The summed E-state index contributed by atoms with van der Waals surface area (Å²) >= 11 is 11.9. The summed E-state index contributed by atoms with van der Waals surface area (Å²) in [4.78, 5) is 11.0. The molecule has 1 aliphatic rings. The average molecular weight is 444 g/mol. The van der Waals surface area contributed by atoms with Gasteiger partial charge in [-0.3, -0.25) is 4.79 Å². The van der Waals surface area contributed by atoms with Gasteiger partial charge in [-0.05, 0) is 36.2 Å². The second-order valence-corrected chi connectivity index (χ2v) is 7.78. The minimum absolute atomic E-state index is 0.105. The summed E-state index contributed by atoms with van der Waals surface area (Å²) in [6.45, 7) is 3.27. The Balaban J connectivity index is 1.95. The number of ether oxygens (including phenoxy) is 1. The molecule has 0 fully saturated rings. The van der Waals surface area contributed by atoms with Gasteiger partial charge >= 0.3 is 6.18 Å². The van der Waals surface area contributed by atoms with Crippen LogP contribution in [-0.4, -0.2) is 12.1 Å². The van der Waals surface area contributed by atoms with Crippen molar-refractivity contribution in [2.75, 3.05) is 0 Å². The molecule has 0 saturated heterocycles. The predicted molar refractivity (Wildman–Crippen MR) is 106 cm³/mol. The minimum atomic E-state index is -4.69. The van der Waals surface area contributed by atoms with E-state index in [9.17, 15) is 18.0 Å². The van der Waals surface area contributed by atoms with Crippen LogP contribution in [0.2, 0.25) is 10.0 Å². The molecule has 0 aliphatic carbocycles. The topological polar surface area (TPSA) is 38.3 Å². The van der Waals surface area contributed by atoms with Crippen molar-refractivity contribution < 1.29 is 22.7 Å². The summed E-state index contributed by atoms with van der Waals surface area (Å²) in [5, 5.41) is 2.88. The molecule has 1 heterocycles. The number of hydrogen-bond acceptors (Lipinski definition) is 2. The fourth-order valence-electron chi connectivity index (χ4n) is 3.36. The van der Waals surface area contributed by atoms with Crippen LogP contribution >= 0.6 is 23.2 Å². The summed E-state index contributed by atoms with van der Waals surface area (Å²) in [6.07, 6.45) is -5.08. The Morgan fingerprint density at radius 3 is 2.24 bits per heavy atom. The molecule has 0 radical (unpaired) electrons. The van der Waals surface area contributed by atoms with E-state index in [2.05, 4.69) is 5.32 Å². The van der Waals surface area contributed by atoms with Gasteiger partial charge in [0.1, 0.15) is 0 Å². The normalized spacial score (nSPS) is 19.3. The highest BCUT2D eigenvalue weighted by atomic mass is 35.5. The van der Waals surface area contributed by atoms with Gasteiger partial charge < -0.3 is 10.1 Å². The quantitative estimate of drug-likeness (QED) is 0.607. The van der Waals surface area contributed by atoms with Crippen molar-refractivity contribution in [2.24, 2.45) is 0 Å². The summed E-state index contributed by atoms with van der Waals surface area (Å²) in [6, 6.07) is 10.8. The van der Waals surface area contributed by atoms with E-state index in [1.54, 1.807) is 24.3 Å². The second-order valence-electron chi connectivity index (χ2n) is 6.90. The van der Waals surface area contributed by atoms with Crippen LogP contribution in [0.3, 0.4) is 0 Å². The van der Waals surface area contributed by atoms with E-state index in [1.807, 2.05) is 0 Å². The Bertz CT molecular complexity index is 951. The maximum atomic E-state index is 14.2. The lowest BCUT2D eigenvalue weighted by molar-refractivity contribution is -0.264. The number of carbonyl (C=O) groups excluding carboxylic acids is 1. The lowest BCUT2D eigenvalue weighted by atomic mass is 9.86. The van der Waals surface area contributed by atoms with Gasteiger partial charge in [0.25, 0.3) is 0 Å². The van der Waals surface area contributed by atoms with Gasteiger partial charge in [-0.25, -0.2) is 0 Å². The molecule has 1 unspecified atom stereocenters. The third kappa shape index (κ3) is 4.38. The summed E-state index contributed by atoms with van der Waals surface area (Å²) in [5.41, 5.74) is -0.794. The smallest absolute Gasteiger partial charge is 0.432 e. The van der Waals surface area contributed by atoms with Gasteiger partial charge in [0.15, 0.2) is 0 Å². The molecule has 29 heavy (non-hydrogen) atoms. The van der Waals surface area contributed by atoms with Crippen LogP contribution in [0.25, 0.3) is 5.57 Å².